The lowest BCUT2D eigenvalue weighted by Crippen LogP contribution is -2.44. The van der Waals surface area contributed by atoms with E-state index in [4.69, 9.17) is 16.3 Å². The minimum atomic E-state index is -0.775. The number of hydrogen-bond donors (Lipinski definition) is 0. The van der Waals surface area contributed by atoms with E-state index in [9.17, 15) is 9.59 Å². The van der Waals surface area contributed by atoms with Gasteiger partial charge in [-0.2, -0.15) is 0 Å². The fourth-order valence-corrected chi connectivity index (χ4v) is 3.26. The molecule has 122 valence electrons. The Balaban J connectivity index is 2.51. The molecule has 0 saturated heterocycles. The Morgan fingerprint density at radius 2 is 2.04 bits per heavy atom. The van der Waals surface area contributed by atoms with E-state index in [1.165, 1.54) is 16.2 Å². The monoisotopic (exact) mass is 351 g/mol. The third kappa shape index (κ3) is 3.74. The molecule has 0 aliphatic rings. The molecular weight excluding hydrogens is 334 g/mol. The van der Waals surface area contributed by atoms with E-state index in [2.05, 4.69) is 0 Å². The predicted molar refractivity (Wildman–Crippen MR) is 93.4 cm³/mol. The van der Waals surface area contributed by atoms with Gasteiger partial charge >= 0.3 is 5.97 Å². The van der Waals surface area contributed by atoms with E-state index in [1.807, 2.05) is 24.4 Å². The van der Waals surface area contributed by atoms with Crippen molar-refractivity contribution in [3.63, 3.8) is 0 Å². The Bertz CT molecular complexity index is 680. The molecule has 1 unspecified atom stereocenters. The average molecular weight is 352 g/mol. The van der Waals surface area contributed by atoms with Crippen LogP contribution in [0.25, 0.3) is 0 Å². The highest BCUT2D eigenvalue weighted by Gasteiger charge is 2.32. The van der Waals surface area contributed by atoms with Crippen LogP contribution >= 0.6 is 22.9 Å². The Kier molecular flexibility index (Phi) is 5.80. The molecule has 4 nitrogen and oxygen atoms in total. The van der Waals surface area contributed by atoms with E-state index >= 15 is 0 Å². The molecule has 1 heterocycles. The minimum Gasteiger partial charge on any atom is -0.464 e. The summed E-state index contributed by atoms with van der Waals surface area (Å²) in [6, 6.07) is 8.12. The first kappa shape index (κ1) is 17.5. The van der Waals surface area contributed by atoms with Gasteiger partial charge in [-0.05, 0) is 43.8 Å². The third-order valence-electron chi connectivity index (χ3n) is 3.40. The second-order valence-electron chi connectivity index (χ2n) is 4.99. The Labute approximate surface area is 144 Å². The SMILES string of the molecule is CCOC(=O)C(C)N(C(=O)c1cccs1)c1c(C)cccc1Cl. The zero-order valence-electron chi connectivity index (χ0n) is 13.2. The molecular formula is C17H18ClNO3S. The highest BCUT2D eigenvalue weighted by molar-refractivity contribution is 7.12. The van der Waals surface area contributed by atoms with E-state index in [-0.39, 0.29) is 12.5 Å². The molecule has 2 rings (SSSR count). The van der Waals surface area contributed by atoms with Crippen LogP contribution in [0.2, 0.25) is 5.02 Å². The molecule has 0 aliphatic heterocycles. The number of hydrogen-bond acceptors (Lipinski definition) is 4. The van der Waals surface area contributed by atoms with Gasteiger partial charge in [0.2, 0.25) is 0 Å². The van der Waals surface area contributed by atoms with Crippen molar-refractivity contribution >= 4 is 40.5 Å². The van der Waals surface area contributed by atoms with Crippen LogP contribution in [-0.4, -0.2) is 24.5 Å². The quantitative estimate of drug-likeness (QED) is 0.754. The molecule has 0 fully saturated rings. The number of amides is 1. The molecule has 1 aromatic carbocycles. The summed E-state index contributed by atoms with van der Waals surface area (Å²) in [7, 11) is 0. The van der Waals surface area contributed by atoms with Gasteiger partial charge in [-0.25, -0.2) is 4.79 Å². The Hall–Kier alpha value is -1.85. The highest BCUT2D eigenvalue weighted by Crippen LogP contribution is 2.33. The van der Waals surface area contributed by atoms with Gasteiger partial charge in [0.15, 0.2) is 0 Å². The molecule has 0 saturated carbocycles. The van der Waals surface area contributed by atoms with Gasteiger partial charge in [0.1, 0.15) is 6.04 Å². The van der Waals surface area contributed by atoms with Crippen molar-refractivity contribution in [2.24, 2.45) is 0 Å². The first-order valence-corrected chi connectivity index (χ1v) is 8.52. The van der Waals surface area contributed by atoms with Crippen LogP contribution in [0.1, 0.15) is 29.1 Å². The number of aryl methyl sites for hydroxylation is 1. The van der Waals surface area contributed by atoms with Crippen LogP contribution in [-0.2, 0) is 9.53 Å². The molecule has 0 N–H and O–H groups in total. The van der Waals surface area contributed by atoms with E-state index in [1.54, 1.807) is 32.0 Å². The van der Waals surface area contributed by atoms with Gasteiger partial charge in [-0.1, -0.05) is 29.8 Å². The number of ether oxygens (including phenoxy) is 1. The standard InChI is InChI=1S/C17H18ClNO3S/c1-4-22-17(21)12(3)19(16(20)14-9-6-10-23-14)15-11(2)7-5-8-13(15)18/h5-10,12H,4H2,1-3H3. The second-order valence-corrected chi connectivity index (χ2v) is 6.34. The lowest BCUT2D eigenvalue weighted by molar-refractivity contribution is -0.144. The molecule has 2 aromatic rings. The summed E-state index contributed by atoms with van der Waals surface area (Å²) in [4.78, 5) is 27.1. The van der Waals surface area contributed by atoms with E-state index in [0.717, 1.165) is 5.56 Å². The van der Waals surface area contributed by atoms with E-state index in [0.29, 0.717) is 15.6 Å². The van der Waals surface area contributed by atoms with Crippen LogP contribution in [0.15, 0.2) is 35.7 Å². The number of para-hydroxylation sites is 1. The highest BCUT2D eigenvalue weighted by atomic mass is 35.5. The fourth-order valence-electron chi connectivity index (χ4n) is 2.29. The van der Waals surface area contributed by atoms with Crippen molar-refractivity contribution < 1.29 is 14.3 Å². The third-order valence-corrected chi connectivity index (χ3v) is 4.56. The number of carbonyl (C=O) groups excluding carboxylic acids is 2. The maximum absolute atomic E-state index is 12.9. The molecule has 6 heteroatoms. The lowest BCUT2D eigenvalue weighted by atomic mass is 10.1. The molecule has 1 atom stereocenters. The topological polar surface area (TPSA) is 46.6 Å². The van der Waals surface area contributed by atoms with Crippen molar-refractivity contribution in [2.45, 2.75) is 26.8 Å². The molecule has 1 aromatic heterocycles. The first-order chi connectivity index (χ1) is 11.0. The maximum atomic E-state index is 12.9. The second kappa shape index (κ2) is 7.62. The summed E-state index contributed by atoms with van der Waals surface area (Å²) in [6.45, 7) is 5.49. The van der Waals surface area contributed by atoms with Crippen LogP contribution in [0.4, 0.5) is 5.69 Å². The summed E-state index contributed by atoms with van der Waals surface area (Å²) in [5, 5.41) is 2.24. The predicted octanol–water partition coefficient (Wildman–Crippen LogP) is 4.31. The summed E-state index contributed by atoms with van der Waals surface area (Å²) >= 11 is 7.63. The van der Waals surface area contributed by atoms with Crippen molar-refractivity contribution in [3.8, 4) is 0 Å². The van der Waals surface area contributed by atoms with Gasteiger partial charge in [-0.3, -0.25) is 9.69 Å². The number of anilines is 1. The zero-order chi connectivity index (χ0) is 17.0. The maximum Gasteiger partial charge on any atom is 0.328 e. The number of halogens is 1. The van der Waals surface area contributed by atoms with Crippen molar-refractivity contribution in [3.05, 3.63) is 51.2 Å². The number of nitrogens with zero attached hydrogens (tertiary/aromatic N) is 1. The lowest BCUT2D eigenvalue weighted by Gasteiger charge is -2.29. The normalized spacial score (nSPS) is 11.8. The zero-order valence-corrected chi connectivity index (χ0v) is 14.8. The fraction of sp³-hybridized carbons (Fsp3) is 0.294. The molecule has 0 spiro atoms. The average Bonchev–Trinajstić information content (AvgIpc) is 3.04. The van der Waals surface area contributed by atoms with E-state index < -0.39 is 12.0 Å². The van der Waals surface area contributed by atoms with Crippen LogP contribution in [0.5, 0.6) is 0 Å². The summed E-state index contributed by atoms with van der Waals surface area (Å²) < 4.78 is 5.08. The summed E-state index contributed by atoms with van der Waals surface area (Å²) in [5.41, 5.74) is 1.35. The number of esters is 1. The van der Waals surface area contributed by atoms with Crippen molar-refractivity contribution in [1.29, 1.82) is 0 Å². The van der Waals surface area contributed by atoms with Gasteiger partial charge in [0, 0.05) is 0 Å². The minimum absolute atomic E-state index is 0.256. The molecule has 23 heavy (non-hydrogen) atoms. The van der Waals surface area contributed by atoms with Crippen LogP contribution < -0.4 is 4.90 Å². The molecule has 0 radical (unpaired) electrons. The smallest absolute Gasteiger partial charge is 0.328 e. The van der Waals surface area contributed by atoms with Crippen molar-refractivity contribution in [2.75, 3.05) is 11.5 Å². The number of thiophene rings is 1. The molecule has 0 bridgehead atoms. The van der Waals surface area contributed by atoms with Crippen LogP contribution in [0, 0.1) is 6.92 Å². The number of rotatable bonds is 5. The number of benzene rings is 1. The first-order valence-electron chi connectivity index (χ1n) is 7.26. The molecule has 1 amide bonds. The van der Waals surface area contributed by atoms with Crippen LogP contribution in [0.3, 0.4) is 0 Å². The molecule has 0 aliphatic carbocycles. The van der Waals surface area contributed by atoms with Gasteiger partial charge in [0.05, 0.1) is 22.2 Å². The van der Waals surface area contributed by atoms with Crippen molar-refractivity contribution in [1.82, 2.24) is 0 Å². The van der Waals surface area contributed by atoms with Gasteiger partial charge in [-0.15, -0.1) is 11.3 Å². The Morgan fingerprint density at radius 3 is 2.61 bits per heavy atom. The summed E-state index contributed by atoms with van der Waals surface area (Å²) in [5.74, 6) is -0.728. The largest absolute Gasteiger partial charge is 0.464 e. The summed E-state index contributed by atoms with van der Waals surface area (Å²) in [6.07, 6.45) is 0. The van der Waals surface area contributed by atoms with Gasteiger partial charge < -0.3 is 4.74 Å². The van der Waals surface area contributed by atoms with Gasteiger partial charge in [0.25, 0.3) is 5.91 Å². The Morgan fingerprint density at radius 1 is 1.30 bits per heavy atom. The number of carbonyl (C=O) groups is 2.